The molecule has 20 heavy (non-hydrogen) atoms. The van der Waals surface area contributed by atoms with Crippen LogP contribution >= 0.6 is 0 Å². The van der Waals surface area contributed by atoms with Crippen LogP contribution in [0.3, 0.4) is 0 Å². The largest absolute Gasteiger partial charge is 0.370 e. The SMILES string of the molecule is CCCNc1cc(C(=O)N(C)c2ccccn2)ccn1. The van der Waals surface area contributed by atoms with Crippen LogP contribution < -0.4 is 10.2 Å². The monoisotopic (exact) mass is 270 g/mol. The molecule has 0 fully saturated rings. The summed E-state index contributed by atoms with van der Waals surface area (Å²) in [5, 5.41) is 3.17. The minimum Gasteiger partial charge on any atom is -0.370 e. The molecule has 0 saturated carbocycles. The van der Waals surface area contributed by atoms with Gasteiger partial charge in [-0.05, 0) is 30.7 Å². The molecule has 0 aliphatic carbocycles. The fourth-order valence-corrected chi connectivity index (χ4v) is 1.76. The Labute approximate surface area is 118 Å². The maximum Gasteiger partial charge on any atom is 0.259 e. The standard InChI is InChI=1S/C15H18N4O/c1-3-8-16-13-11-12(7-10-17-13)15(20)19(2)14-6-4-5-9-18-14/h4-7,9-11H,3,8H2,1-2H3,(H,16,17). The third-order valence-corrected chi connectivity index (χ3v) is 2.86. The molecule has 1 N–H and O–H groups in total. The predicted octanol–water partition coefficient (Wildman–Crippen LogP) is 2.58. The lowest BCUT2D eigenvalue weighted by atomic mass is 10.2. The molecular formula is C15H18N4O. The van der Waals surface area contributed by atoms with Crippen molar-refractivity contribution in [1.82, 2.24) is 9.97 Å². The number of anilines is 2. The van der Waals surface area contributed by atoms with Gasteiger partial charge in [0, 0.05) is 31.5 Å². The lowest BCUT2D eigenvalue weighted by molar-refractivity contribution is 0.0992. The van der Waals surface area contributed by atoms with Crippen molar-refractivity contribution in [1.29, 1.82) is 0 Å². The first kappa shape index (κ1) is 14.0. The zero-order chi connectivity index (χ0) is 14.4. The highest BCUT2D eigenvalue weighted by atomic mass is 16.2. The highest BCUT2D eigenvalue weighted by molar-refractivity contribution is 6.05. The molecule has 2 heterocycles. The number of hydrogen-bond donors (Lipinski definition) is 1. The van der Waals surface area contributed by atoms with Gasteiger partial charge >= 0.3 is 0 Å². The molecule has 0 atom stereocenters. The third-order valence-electron chi connectivity index (χ3n) is 2.86. The molecule has 2 aromatic rings. The topological polar surface area (TPSA) is 58.1 Å². The normalized spacial score (nSPS) is 10.1. The number of amides is 1. The van der Waals surface area contributed by atoms with Gasteiger partial charge in [0.2, 0.25) is 0 Å². The van der Waals surface area contributed by atoms with E-state index in [1.165, 1.54) is 4.90 Å². The summed E-state index contributed by atoms with van der Waals surface area (Å²) in [5.41, 5.74) is 0.590. The first-order chi connectivity index (χ1) is 9.72. The summed E-state index contributed by atoms with van der Waals surface area (Å²) in [6.45, 7) is 2.91. The molecule has 0 spiro atoms. The summed E-state index contributed by atoms with van der Waals surface area (Å²) >= 11 is 0. The van der Waals surface area contributed by atoms with Crippen LogP contribution in [0.4, 0.5) is 11.6 Å². The Morgan fingerprint density at radius 3 is 2.80 bits per heavy atom. The van der Waals surface area contributed by atoms with E-state index in [1.807, 2.05) is 12.1 Å². The van der Waals surface area contributed by atoms with Crippen molar-refractivity contribution in [2.75, 3.05) is 23.8 Å². The number of hydrogen-bond acceptors (Lipinski definition) is 4. The molecule has 0 bridgehead atoms. The lowest BCUT2D eigenvalue weighted by Crippen LogP contribution is -2.27. The van der Waals surface area contributed by atoms with Crippen LogP contribution in [-0.2, 0) is 0 Å². The van der Waals surface area contributed by atoms with E-state index in [2.05, 4.69) is 22.2 Å². The molecular weight excluding hydrogens is 252 g/mol. The molecule has 1 amide bonds. The molecule has 104 valence electrons. The van der Waals surface area contributed by atoms with Gasteiger partial charge in [-0.2, -0.15) is 0 Å². The van der Waals surface area contributed by atoms with Crippen LogP contribution in [0.25, 0.3) is 0 Å². The second-order valence-corrected chi connectivity index (χ2v) is 4.41. The quantitative estimate of drug-likeness (QED) is 0.907. The minimum absolute atomic E-state index is 0.106. The number of carbonyl (C=O) groups excluding carboxylic acids is 1. The van der Waals surface area contributed by atoms with E-state index in [9.17, 15) is 4.79 Å². The van der Waals surface area contributed by atoms with Gasteiger partial charge < -0.3 is 5.32 Å². The number of rotatable bonds is 5. The molecule has 0 unspecified atom stereocenters. The van der Waals surface area contributed by atoms with Gasteiger partial charge in [-0.25, -0.2) is 9.97 Å². The number of nitrogens with one attached hydrogen (secondary N) is 1. The van der Waals surface area contributed by atoms with E-state index in [0.29, 0.717) is 17.2 Å². The molecule has 0 aliphatic rings. The molecule has 2 aromatic heterocycles. The van der Waals surface area contributed by atoms with Gasteiger partial charge in [0.05, 0.1) is 0 Å². The van der Waals surface area contributed by atoms with E-state index in [1.54, 1.807) is 37.6 Å². The maximum atomic E-state index is 12.4. The van der Waals surface area contributed by atoms with Gasteiger partial charge in [0.25, 0.3) is 5.91 Å². The maximum absolute atomic E-state index is 12.4. The molecule has 2 rings (SSSR count). The first-order valence-electron chi connectivity index (χ1n) is 6.61. The first-order valence-corrected chi connectivity index (χ1v) is 6.61. The Hall–Kier alpha value is -2.43. The molecule has 5 heteroatoms. The summed E-state index contributed by atoms with van der Waals surface area (Å²) in [4.78, 5) is 22.3. The van der Waals surface area contributed by atoms with Gasteiger partial charge in [-0.3, -0.25) is 9.69 Å². The highest BCUT2D eigenvalue weighted by Crippen LogP contribution is 2.13. The number of pyridine rings is 2. The van der Waals surface area contributed by atoms with Crippen molar-refractivity contribution in [3.63, 3.8) is 0 Å². The van der Waals surface area contributed by atoms with E-state index in [0.717, 1.165) is 13.0 Å². The van der Waals surface area contributed by atoms with Gasteiger partial charge in [0.15, 0.2) is 0 Å². The molecule has 0 saturated heterocycles. The summed E-state index contributed by atoms with van der Waals surface area (Å²) in [6.07, 6.45) is 4.31. The van der Waals surface area contributed by atoms with Gasteiger partial charge in [0.1, 0.15) is 11.6 Å². The van der Waals surface area contributed by atoms with Crippen LogP contribution in [0, 0.1) is 0 Å². The molecule has 5 nitrogen and oxygen atoms in total. The van der Waals surface area contributed by atoms with Crippen LogP contribution in [0.1, 0.15) is 23.7 Å². The summed E-state index contributed by atoms with van der Waals surface area (Å²) < 4.78 is 0. The second-order valence-electron chi connectivity index (χ2n) is 4.41. The van der Waals surface area contributed by atoms with Crippen LogP contribution in [-0.4, -0.2) is 29.5 Å². The number of carbonyl (C=O) groups is 1. The van der Waals surface area contributed by atoms with Crippen molar-refractivity contribution < 1.29 is 4.79 Å². The smallest absolute Gasteiger partial charge is 0.259 e. The number of nitrogens with zero attached hydrogens (tertiary/aromatic N) is 3. The van der Waals surface area contributed by atoms with E-state index >= 15 is 0 Å². The second kappa shape index (κ2) is 6.65. The van der Waals surface area contributed by atoms with Crippen molar-refractivity contribution in [3.05, 3.63) is 48.3 Å². The fraction of sp³-hybridized carbons (Fsp3) is 0.267. The average Bonchev–Trinajstić information content (AvgIpc) is 2.52. The van der Waals surface area contributed by atoms with Gasteiger partial charge in [-0.15, -0.1) is 0 Å². The van der Waals surface area contributed by atoms with Crippen LogP contribution in [0.2, 0.25) is 0 Å². The number of aromatic nitrogens is 2. The minimum atomic E-state index is -0.106. The molecule has 0 aromatic carbocycles. The van der Waals surface area contributed by atoms with Crippen molar-refractivity contribution in [2.45, 2.75) is 13.3 Å². The Morgan fingerprint density at radius 1 is 1.25 bits per heavy atom. The van der Waals surface area contributed by atoms with Crippen molar-refractivity contribution in [3.8, 4) is 0 Å². The Kier molecular flexibility index (Phi) is 4.65. The zero-order valence-corrected chi connectivity index (χ0v) is 11.7. The van der Waals surface area contributed by atoms with E-state index < -0.39 is 0 Å². The summed E-state index contributed by atoms with van der Waals surface area (Å²) in [7, 11) is 1.71. The Bertz CT molecular complexity index is 571. The Morgan fingerprint density at radius 2 is 2.10 bits per heavy atom. The van der Waals surface area contributed by atoms with E-state index in [-0.39, 0.29) is 5.91 Å². The summed E-state index contributed by atoms with van der Waals surface area (Å²) in [6, 6.07) is 8.94. The third kappa shape index (κ3) is 3.32. The molecule has 0 aliphatic heterocycles. The van der Waals surface area contributed by atoms with Gasteiger partial charge in [-0.1, -0.05) is 13.0 Å². The predicted molar refractivity (Wildman–Crippen MR) is 80.0 cm³/mol. The highest BCUT2D eigenvalue weighted by Gasteiger charge is 2.14. The fourth-order valence-electron chi connectivity index (χ4n) is 1.76. The lowest BCUT2D eigenvalue weighted by Gasteiger charge is -2.16. The zero-order valence-electron chi connectivity index (χ0n) is 11.7. The van der Waals surface area contributed by atoms with Crippen molar-refractivity contribution in [2.24, 2.45) is 0 Å². The molecule has 0 radical (unpaired) electrons. The summed E-state index contributed by atoms with van der Waals surface area (Å²) in [5.74, 6) is 1.23. The van der Waals surface area contributed by atoms with Crippen molar-refractivity contribution >= 4 is 17.5 Å². The van der Waals surface area contributed by atoms with Crippen LogP contribution in [0.5, 0.6) is 0 Å². The Balaban J connectivity index is 2.16. The average molecular weight is 270 g/mol. The van der Waals surface area contributed by atoms with E-state index in [4.69, 9.17) is 0 Å². The van der Waals surface area contributed by atoms with Crippen LogP contribution in [0.15, 0.2) is 42.7 Å².